The number of nitrogens with zero attached hydrogens (tertiary/aromatic N) is 6. The van der Waals surface area contributed by atoms with Crippen LogP contribution in [-0.4, -0.2) is 227 Å². The molecule has 6 aromatic carbocycles. The van der Waals surface area contributed by atoms with Crippen LogP contribution in [0.25, 0.3) is 0 Å². The molecule has 0 aromatic heterocycles. The molecule has 0 bridgehead atoms. The number of ether oxygens (including phenoxy) is 2. The second-order valence-corrected chi connectivity index (χ2v) is 29.5. The number of halogens is 2. The lowest BCUT2D eigenvalue weighted by Gasteiger charge is -2.36. The van der Waals surface area contributed by atoms with Gasteiger partial charge in [0.15, 0.2) is 0 Å². The zero-order valence-electron chi connectivity index (χ0n) is 66.4. The van der Waals surface area contributed by atoms with E-state index in [1.54, 1.807) is 41.8 Å². The van der Waals surface area contributed by atoms with Gasteiger partial charge in [-0.15, -0.1) is 24.0 Å². The summed E-state index contributed by atoms with van der Waals surface area (Å²) in [7, 11) is 7.82. The highest BCUT2D eigenvalue weighted by Gasteiger charge is 2.35. The predicted molar refractivity (Wildman–Crippen MR) is 451 cm³/mol. The van der Waals surface area contributed by atoms with Gasteiger partial charge in [0.25, 0.3) is 37.1 Å². The van der Waals surface area contributed by atoms with Gasteiger partial charge in [0.05, 0.1) is 43.1 Å². The molecule has 34 heteroatoms. The molecule has 611 valence electrons. The van der Waals surface area contributed by atoms with Crippen molar-refractivity contribution in [3.8, 4) is 0 Å². The third-order valence-electron chi connectivity index (χ3n) is 22.7. The van der Waals surface area contributed by atoms with Crippen molar-refractivity contribution in [3.05, 3.63) is 219 Å². The second kappa shape index (κ2) is 46.1. The fourth-order valence-corrected chi connectivity index (χ4v) is 16.7. The summed E-state index contributed by atoms with van der Waals surface area (Å²) in [5.74, 6) is -0.499. The number of fused-ring (bicyclic) bond motifs is 6. The van der Waals surface area contributed by atoms with Crippen LogP contribution in [-0.2, 0) is 86.4 Å². The third kappa shape index (κ3) is 23.7. The van der Waals surface area contributed by atoms with E-state index in [1.807, 2.05) is 101 Å². The van der Waals surface area contributed by atoms with E-state index < -0.39 is 29.8 Å². The Morgan fingerprint density at radius 3 is 1.22 bits per heavy atom. The molecule has 8 aliphatic heterocycles. The summed E-state index contributed by atoms with van der Waals surface area (Å²) in [6, 6.07) is 36.5. The quantitative estimate of drug-likeness (QED) is 0.0141. The number of carbonyl (C=O) groups is 9. The van der Waals surface area contributed by atoms with E-state index in [2.05, 4.69) is 83.2 Å². The van der Waals surface area contributed by atoms with Crippen molar-refractivity contribution in [2.45, 2.75) is 147 Å². The van der Waals surface area contributed by atoms with Gasteiger partial charge in [-0.05, 0) is 214 Å². The van der Waals surface area contributed by atoms with Crippen molar-refractivity contribution in [2.24, 2.45) is 5.73 Å². The molecule has 0 aliphatic carbocycles. The second-order valence-electron chi connectivity index (χ2n) is 29.2. The lowest BCUT2D eigenvalue weighted by atomic mass is 9.81. The minimum Gasteiger partial charge on any atom is -0.387 e. The van der Waals surface area contributed by atoms with E-state index >= 15 is 0 Å². The number of alkyl halides is 1. The topological polar surface area (TPSA) is 366 Å². The summed E-state index contributed by atoms with van der Waals surface area (Å²) in [4.78, 5) is 118. The van der Waals surface area contributed by atoms with Gasteiger partial charge in [-0.2, -0.15) is 0 Å². The largest absolute Gasteiger partial charge is 0.387 e. The van der Waals surface area contributed by atoms with Crippen molar-refractivity contribution in [2.75, 3.05) is 91.1 Å². The molecule has 3 amide bonds. The van der Waals surface area contributed by atoms with Gasteiger partial charge in [-0.25, -0.2) is 0 Å². The predicted octanol–water partition coefficient (Wildman–Crippen LogP) is 5.27. The van der Waals surface area contributed by atoms with Crippen molar-refractivity contribution in [1.29, 1.82) is 0 Å². The molecule has 8 aliphatic rings. The van der Waals surface area contributed by atoms with Crippen LogP contribution < -0.4 is 27.0 Å². The van der Waals surface area contributed by atoms with Crippen molar-refractivity contribution < 1.29 is 72.9 Å². The number of hydrogen-bond donors (Lipinski definition) is 8. The van der Waals surface area contributed by atoms with Gasteiger partial charge in [-0.1, -0.05) is 109 Å². The van der Waals surface area contributed by atoms with E-state index in [-0.39, 0.29) is 105 Å². The van der Waals surface area contributed by atoms with Crippen LogP contribution in [0.4, 0.5) is 0 Å². The Bertz CT molecular complexity index is 4360. The number of nitro groups is 1. The maximum Gasteiger partial charge on any atom is 0.293 e. The molecule has 14 rings (SSSR count). The maximum absolute atomic E-state index is 11.2. The Morgan fingerprint density at radius 2 is 0.853 bits per heavy atom. The van der Waals surface area contributed by atoms with Crippen molar-refractivity contribution >= 4 is 116 Å². The molecule has 11 atom stereocenters. The monoisotopic (exact) mass is 1620 g/mol. The SMILES string of the molecule is C[C@@H]1NCCc2c(C3CNC(=O)CO3)cccc21.C[C@H]1c2cccc(C(O)CN)c2CCN1[B]C=O.C[C@H]1c2cccc(C(O)CNC(=O)CCl)c2CCN1[B]C=O.C[C@H]1c2cccc(C(O)C[N+](=O)[O-])c2CCN1[B]C=O.C[C@H]1c2cccc(C3CNC(=O)CO3)c2CCN1[B]C=O.C[C@H]1c2cccc(C=O)c2CCN1[B]C=O.Cl. The summed E-state index contributed by atoms with van der Waals surface area (Å²) in [6.07, 6.45) is 7.37. The highest BCUT2D eigenvalue weighted by atomic mass is 35.5. The van der Waals surface area contributed by atoms with Gasteiger partial charge in [0.2, 0.25) is 24.3 Å². The molecule has 2 saturated heterocycles. The number of hydrogen-bond acceptors (Lipinski definition) is 23. The fourth-order valence-electron chi connectivity index (χ4n) is 16.6. The first-order valence-electron chi connectivity index (χ1n) is 39.1. The van der Waals surface area contributed by atoms with E-state index in [9.17, 15) is 68.6 Å². The summed E-state index contributed by atoms with van der Waals surface area (Å²) >= 11 is 5.43. The lowest BCUT2D eigenvalue weighted by Crippen LogP contribution is -2.41. The Labute approximate surface area is 693 Å². The number of rotatable bonds is 22. The Balaban J connectivity index is 0.000000174. The molecular formula is C82H103B5Cl2N11O16. The number of benzene rings is 6. The molecule has 27 nitrogen and oxygen atoms in total. The standard InChI is InChI=1S/C15H19BClN2O3.C15H18BN2O3.C14H18N2O2.C13H16BN2O4.C13H18BN2O2.C12H13BNO2.ClH/c1-10-11-3-2-4-13(14(21)8-18-15(22)7-17)12(11)5-6-19(10)16-9-20;1-10-11-3-2-4-13(14-7-17-15(20)8-21-14)12(11)5-6-18(10)16-9-19;1-9-10-3-2-4-12(11(10)5-6-15-9)13-7-16-14(17)8-18-13;1-9-10-3-2-4-12(13(18)7-16(19)20)11(10)5-6-15(9)14-8-17;1-9-10-3-2-4-12(13(18)7-15)11(10)5-6-16(9)14-8-17;1-9-11-4-2-3-10(7-15)12(11)5-6-14(9)13-8-16;/h2-4,9-10,14,21H,5-8H2,1H3,(H,18,22);2-4,9-10,14H,5-8H2,1H3,(H,17,20);2-4,9,13,15H,5-8H2,1H3,(H,16,17);2-4,8-9,13,18H,5-7H2,1H3;2-4,8-9,13,18H,5-7,15H2,1H3;2-4,7-9H,5-6H2,1H3;1H/t2*10-,14?;3*9-,13?;9-;/m000000./s1. The number of amides is 3. The number of aliphatic hydroxyl groups excluding tert-OH is 3. The van der Waals surface area contributed by atoms with E-state index in [4.69, 9.17) is 26.8 Å². The minimum absolute atomic E-state index is 0. The first-order valence-corrected chi connectivity index (χ1v) is 39.6. The maximum atomic E-state index is 11.2. The highest BCUT2D eigenvalue weighted by molar-refractivity contribution is 6.65. The normalized spacial score (nSPS) is 22.1. The van der Waals surface area contributed by atoms with Crippen LogP contribution in [0.3, 0.4) is 0 Å². The van der Waals surface area contributed by atoms with Crippen LogP contribution in [0, 0.1) is 10.1 Å². The number of nitrogens with two attached hydrogens (primary N) is 1. The van der Waals surface area contributed by atoms with Crippen LogP contribution in [0.5, 0.6) is 0 Å². The van der Waals surface area contributed by atoms with Crippen molar-refractivity contribution in [1.82, 2.24) is 45.3 Å². The van der Waals surface area contributed by atoms with Crippen LogP contribution >= 0.6 is 24.0 Å². The number of carbonyl (C=O) groups excluding carboxylic acids is 9. The van der Waals surface area contributed by atoms with E-state index in [0.717, 1.165) is 158 Å². The van der Waals surface area contributed by atoms with E-state index in [0.29, 0.717) is 37.7 Å². The number of aliphatic hydroxyl groups is 3. The number of morpholine rings is 2. The van der Waals surface area contributed by atoms with Crippen molar-refractivity contribution in [3.63, 3.8) is 0 Å². The molecule has 6 aromatic rings. The summed E-state index contributed by atoms with van der Waals surface area (Å²) in [5.41, 5.74) is 25.1. The lowest BCUT2D eigenvalue weighted by molar-refractivity contribution is -0.491. The summed E-state index contributed by atoms with van der Waals surface area (Å²) in [5, 5.41) is 52.6. The van der Waals surface area contributed by atoms with E-state index in [1.165, 1.54) is 46.4 Å². The zero-order chi connectivity index (χ0) is 82.8. The molecule has 5 unspecified atom stereocenters. The van der Waals surface area contributed by atoms with Crippen LogP contribution in [0.2, 0.25) is 0 Å². The molecule has 0 spiro atoms. The zero-order valence-corrected chi connectivity index (χ0v) is 68.0. The van der Waals surface area contributed by atoms with Gasteiger partial charge in [-0.3, -0.25) is 29.3 Å². The molecule has 8 heterocycles. The summed E-state index contributed by atoms with van der Waals surface area (Å²) in [6.45, 7) is 18.5. The number of nitrogens with one attached hydrogen (secondary N) is 4. The highest BCUT2D eigenvalue weighted by Crippen LogP contribution is 2.39. The third-order valence-corrected chi connectivity index (χ3v) is 23.0. The van der Waals surface area contributed by atoms with Gasteiger partial charge >= 0.3 is 0 Å². The Morgan fingerprint density at radius 1 is 0.517 bits per heavy atom. The minimum atomic E-state index is -1.09. The summed E-state index contributed by atoms with van der Waals surface area (Å²) < 4.78 is 11.3. The molecule has 9 N–H and O–H groups in total. The molecule has 2 fully saturated rings. The molecule has 0 saturated carbocycles. The fraction of sp³-hybridized carbons (Fsp3) is 0.451. The van der Waals surface area contributed by atoms with Gasteiger partial charge < -0.3 is 99.8 Å². The van der Waals surface area contributed by atoms with Crippen LogP contribution in [0.15, 0.2) is 109 Å². The number of aldehydes is 1. The Hall–Kier alpha value is -8.43. The average Bonchev–Trinajstić information content (AvgIpc) is 0.799. The molecule has 5 radical (unpaired) electrons. The van der Waals surface area contributed by atoms with Gasteiger partial charge in [0, 0.05) is 72.9 Å². The molecule has 116 heavy (non-hydrogen) atoms. The average molecular weight is 1620 g/mol. The smallest absolute Gasteiger partial charge is 0.293 e. The first-order chi connectivity index (χ1) is 55.5. The van der Waals surface area contributed by atoms with Crippen LogP contribution in [0.1, 0.15) is 213 Å². The Kier molecular flexibility index (Phi) is 37.0. The van der Waals surface area contributed by atoms with Gasteiger partial charge in [0.1, 0.15) is 43.7 Å². The molecular weight excluding hydrogens is 1520 g/mol. The first kappa shape index (κ1) is 93.1.